The SMILES string of the molecule is C[C@@H]1CCCCCCCCNC1=O. The second-order valence-electron chi connectivity index (χ2n) is 4.10. The summed E-state index contributed by atoms with van der Waals surface area (Å²) in [4.78, 5) is 11.4. The van der Waals surface area contributed by atoms with Gasteiger partial charge in [0.1, 0.15) is 0 Å². The van der Waals surface area contributed by atoms with E-state index in [-0.39, 0.29) is 11.8 Å². The topological polar surface area (TPSA) is 29.1 Å². The molecule has 1 heterocycles. The maximum absolute atomic E-state index is 11.4. The molecule has 1 amide bonds. The van der Waals surface area contributed by atoms with Crippen LogP contribution in [0.1, 0.15) is 51.9 Å². The quantitative estimate of drug-likeness (QED) is 0.614. The van der Waals surface area contributed by atoms with Crippen molar-refractivity contribution in [1.29, 1.82) is 0 Å². The molecule has 76 valence electrons. The van der Waals surface area contributed by atoms with E-state index in [1.54, 1.807) is 0 Å². The third-order valence-corrected chi connectivity index (χ3v) is 2.81. The van der Waals surface area contributed by atoms with Gasteiger partial charge in [-0.25, -0.2) is 0 Å². The monoisotopic (exact) mass is 183 g/mol. The highest BCUT2D eigenvalue weighted by Crippen LogP contribution is 2.13. The van der Waals surface area contributed by atoms with E-state index in [1.807, 2.05) is 6.92 Å². The van der Waals surface area contributed by atoms with E-state index in [0.717, 1.165) is 19.4 Å². The molecule has 1 aliphatic heterocycles. The third-order valence-electron chi connectivity index (χ3n) is 2.81. The molecular formula is C11H21NO. The molecule has 1 saturated heterocycles. The molecule has 1 rings (SSSR count). The lowest BCUT2D eigenvalue weighted by Gasteiger charge is -2.10. The molecule has 0 aromatic rings. The highest BCUT2D eigenvalue weighted by atomic mass is 16.1. The van der Waals surface area contributed by atoms with Gasteiger partial charge in [0.15, 0.2) is 0 Å². The van der Waals surface area contributed by atoms with E-state index in [0.29, 0.717) is 0 Å². The van der Waals surface area contributed by atoms with Gasteiger partial charge in [0.25, 0.3) is 0 Å². The molecule has 0 aliphatic carbocycles. The molecule has 2 nitrogen and oxygen atoms in total. The standard InChI is InChI=1S/C11H21NO/c1-10-8-6-4-2-3-5-7-9-12-11(10)13/h10H,2-9H2,1H3,(H,12,13)/t10-/m1/s1. The van der Waals surface area contributed by atoms with E-state index < -0.39 is 0 Å². The Kier molecular flexibility index (Phi) is 4.87. The van der Waals surface area contributed by atoms with Crippen LogP contribution in [0.5, 0.6) is 0 Å². The van der Waals surface area contributed by atoms with Crippen molar-refractivity contribution >= 4 is 5.91 Å². The molecule has 0 aromatic carbocycles. The van der Waals surface area contributed by atoms with Crippen LogP contribution < -0.4 is 5.32 Å². The molecule has 1 N–H and O–H groups in total. The van der Waals surface area contributed by atoms with Crippen molar-refractivity contribution in [3.63, 3.8) is 0 Å². The first kappa shape index (κ1) is 10.6. The molecule has 1 aliphatic rings. The maximum atomic E-state index is 11.4. The summed E-state index contributed by atoms with van der Waals surface area (Å²) in [6.45, 7) is 2.91. The Bertz CT molecular complexity index is 156. The lowest BCUT2D eigenvalue weighted by Crippen LogP contribution is -2.29. The van der Waals surface area contributed by atoms with Crippen LogP contribution in [0.4, 0.5) is 0 Å². The molecule has 13 heavy (non-hydrogen) atoms. The van der Waals surface area contributed by atoms with Crippen LogP contribution in [0, 0.1) is 5.92 Å². The lowest BCUT2D eigenvalue weighted by molar-refractivity contribution is -0.124. The molecule has 1 fully saturated rings. The predicted octanol–water partition coefficient (Wildman–Crippen LogP) is 2.48. The fourth-order valence-electron chi connectivity index (χ4n) is 1.80. The number of hydrogen-bond acceptors (Lipinski definition) is 1. The van der Waals surface area contributed by atoms with Crippen molar-refractivity contribution in [1.82, 2.24) is 5.32 Å². The second kappa shape index (κ2) is 6.01. The van der Waals surface area contributed by atoms with Crippen LogP contribution in [-0.2, 0) is 4.79 Å². The van der Waals surface area contributed by atoms with E-state index >= 15 is 0 Å². The van der Waals surface area contributed by atoms with Crippen LogP contribution in [-0.4, -0.2) is 12.5 Å². The zero-order chi connectivity index (χ0) is 9.52. The average Bonchev–Trinajstić information content (AvgIpc) is 2.16. The Morgan fingerprint density at radius 1 is 1.08 bits per heavy atom. The maximum Gasteiger partial charge on any atom is 0.222 e. The molecule has 2 heteroatoms. The Morgan fingerprint density at radius 3 is 2.46 bits per heavy atom. The minimum atomic E-state index is 0.220. The molecular weight excluding hydrogens is 162 g/mol. The van der Waals surface area contributed by atoms with Crippen molar-refractivity contribution in [2.45, 2.75) is 51.9 Å². The van der Waals surface area contributed by atoms with Crippen LogP contribution in [0.25, 0.3) is 0 Å². The normalized spacial score (nSPS) is 27.5. The van der Waals surface area contributed by atoms with Gasteiger partial charge in [0.05, 0.1) is 0 Å². The largest absolute Gasteiger partial charge is 0.356 e. The summed E-state index contributed by atoms with van der Waals surface area (Å²) in [5.74, 6) is 0.472. The summed E-state index contributed by atoms with van der Waals surface area (Å²) in [6, 6.07) is 0. The van der Waals surface area contributed by atoms with E-state index in [4.69, 9.17) is 0 Å². The zero-order valence-electron chi connectivity index (χ0n) is 8.64. The number of nitrogens with one attached hydrogen (secondary N) is 1. The summed E-state index contributed by atoms with van der Waals surface area (Å²) in [7, 11) is 0. The Hall–Kier alpha value is -0.530. The van der Waals surface area contributed by atoms with Crippen LogP contribution >= 0.6 is 0 Å². The number of amides is 1. The van der Waals surface area contributed by atoms with Crippen molar-refractivity contribution in [2.75, 3.05) is 6.54 Å². The smallest absolute Gasteiger partial charge is 0.222 e. The Morgan fingerprint density at radius 2 is 1.69 bits per heavy atom. The highest BCUT2D eigenvalue weighted by Gasteiger charge is 2.11. The van der Waals surface area contributed by atoms with Gasteiger partial charge in [-0.3, -0.25) is 4.79 Å². The van der Waals surface area contributed by atoms with Crippen LogP contribution in [0.15, 0.2) is 0 Å². The first-order valence-corrected chi connectivity index (χ1v) is 5.58. The second-order valence-corrected chi connectivity index (χ2v) is 4.10. The number of hydrogen-bond donors (Lipinski definition) is 1. The van der Waals surface area contributed by atoms with E-state index in [2.05, 4.69) is 5.32 Å². The number of carbonyl (C=O) groups excluding carboxylic acids is 1. The minimum Gasteiger partial charge on any atom is -0.356 e. The first-order valence-electron chi connectivity index (χ1n) is 5.58. The van der Waals surface area contributed by atoms with Gasteiger partial charge in [-0.15, -0.1) is 0 Å². The van der Waals surface area contributed by atoms with Gasteiger partial charge in [-0.2, -0.15) is 0 Å². The van der Waals surface area contributed by atoms with Crippen molar-refractivity contribution in [3.8, 4) is 0 Å². The third kappa shape index (κ3) is 4.30. The lowest BCUT2D eigenvalue weighted by atomic mass is 10.0. The molecule has 1 atom stereocenters. The van der Waals surface area contributed by atoms with Crippen LogP contribution in [0.3, 0.4) is 0 Å². The van der Waals surface area contributed by atoms with E-state index in [9.17, 15) is 4.79 Å². The molecule has 0 saturated carbocycles. The predicted molar refractivity (Wildman–Crippen MR) is 54.5 cm³/mol. The van der Waals surface area contributed by atoms with E-state index in [1.165, 1.54) is 32.1 Å². The molecule has 0 radical (unpaired) electrons. The molecule has 0 unspecified atom stereocenters. The summed E-state index contributed by atoms with van der Waals surface area (Å²) in [5, 5.41) is 2.99. The first-order chi connectivity index (χ1) is 6.30. The van der Waals surface area contributed by atoms with Gasteiger partial charge in [0.2, 0.25) is 5.91 Å². The summed E-state index contributed by atoms with van der Waals surface area (Å²) in [5.41, 5.74) is 0. The minimum absolute atomic E-state index is 0.220. The molecule has 0 bridgehead atoms. The van der Waals surface area contributed by atoms with Crippen molar-refractivity contribution in [3.05, 3.63) is 0 Å². The van der Waals surface area contributed by atoms with Gasteiger partial charge < -0.3 is 5.32 Å². The zero-order valence-corrected chi connectivity index (χ0v) is 8.64. The highest BCUT2D eigenvalue weighted by molar-refractivity contribution is 5.78. The average molecular weight is 183 g/mol. The summed E-state index contributed by atoms with van der Waals surface area (Å²) < 4.78 is 0. The van der Waals surface area contributed by atoms with Gasteiger partial charge in [0, 0.05) is 12.5 Å². The molecule has 0 spiro atoms. The fraction of sp³-hybridized carbons (Fsp3) is 0.909. The Labute approximate surface area is 81.1 Å². The van der Waals surface area contributed by atoms with Gasteiger partial charge >= 0.3 is 0 Å². The fourth-order valence-corrected chi connectivity index (χ4v) is 1.80. The number of carbonyl (C=O) groups is 1. The summed E-state index contributed by atoms with van der Waals surface area (Å²) in [6.07, 6.45) is 8.69. The van der Waals surface area contributed by atoms with Crippen molar-refractivity contribution in [2.24, 2.45) is 5.92 Å². The summed E-state index contributed by atoms with van der Waals surface area (Å²) >= 11 is 0. The molecule has 0 aromatic heterocycles. The number of rotatable bonds is 0. The van der Waals surface area contributed by atoms with Gasteiger partial charge in [-0.1, -0.05) is 39.0 Å². The van der Waals surface area contributed by atoms with Crippen LogP contribution in [0.2, 0.25) is 0 Å². The van der Waals surface area contributed by atoms with Gasteiger partial charge in [-0.05, 0) is 12.8 Å². The van der Waals surface area contributed by atoms with Crippen molar-refractivity contribution < 1.29 is 4.79 Å². The Balaban J connectivity index is 2.31.